The number of esters is 3. The number of hydrogen-bond donors (Lipinski definition) is 6. The lowest BCUT2D eigenvalue weighted by Gasteiger charge is -2.33. The molecule has 18 bridgehead atoms. The standard InChI is InChI=1S/C78H93N3O12S3/c1-13-61-64-37-94-40-67(76(88)91-10)79-31-55-22-43(4)16-49(70(55)82)28-50-17-44(5)23-56(71(50)83)32-80-34-58-25-46(7)19-52(73(58)85)30-54-21-48(9)27-60(75(54)87)36-81(35-59-26-47(8)20-53(74(59)86)29-51-18-45(6)24-57(33-79)72(51)84)69(78(90)93-12)42-96-39-66(62(64)14-2)63(15-3)65(61)38-95-41-68(80)77(89)92-11/h16-27,67-69,82-87H,13-15,28-42H2,1-12H3/t67-,68-,69+/m0/s1. The first-order valence-electron chi connectivity index (χ1n) is 33.2. The number of nitrogens with zero attached hydrogens (tertiary/aromatic N) is 3. The van der Waals surface area contributed by atoms with E-state index >= 15 is 0 Å². The third kappa shape index (κ3) is 15.5. The van der Waals surface area contributed by atoms with Crippen molar-refractivity contribution >= 4 is 53.2 Å². The number of carbonyl (C=O) groups excluding carboxylic acids is 3. The third-order valence-corrected chi connectivity index (χ3v) is 22.5. The van der Waals surface area contributed by atoms with Crippen molar-refractivity contribution in [3.05, 3.63) is 206 Å². The first kappa shape index (κ1) is 71.5. The molecule has 0 amide bonds. The zero-order valence-electron chi connectivity index (χ0n) is 57.6. The highest BCUT2D eigenvalue weighted by Crippen LogP contribution is 2.43. The van der Waals surface area contributed by atoms with E-state index in [1.54, 1.807) is 35.3 Å². The fourth-order valence-electron chi connectivity index (χ4n) is 15.0. The first-order chi connectivity index (χ1) is 45.9. The van der Waals surface area contributed by atoms with Gasteiger partial charge in [0.25, 0.3) is 0 Å². The quantitative estimate of drug-likeness (QED) is 0.0675. The number of phenols is 6. The summed E-state index contributed by atoms with van der Waals surface area (Å²) in [4.78, 5) is 50.3. The van der Waals surface area contributed by atoms with Gasteiger partial charge in [0, 0.05) is 126 Å². The number of carbonyl (C=O) groups is 3. The summed E-state index contributed by atoms with van der Waals surface area (Å²) < 4.78 is 17.2. The summed E-state index contributed by atoms with van der Waals surface area (Å²) in [5.41, 5.74) is 18.3. The van der Waals surface area contributed by atoms with Gasteiger partial charge < -0.3 is 44.8 Å². The smallest absolute Gasteiger partial charge is 0.323 e. The van der Waals surface area contributed by atoms with E-state index in [-0.39, 0.29) is 110 Å². The second kappa shape index (κ2) is 31.0. The number of benzene rings is 7. The fourth-order valence-corrected chi connectivity index (χ4v) is 18.7. The Kier molecular flexibility index (Phi) is 23.1. The van der Waals surface area contributed by atoms with Crippen molar-refractivity contribution in [2.45, 2.75) is 175 Å². The van der Waals surface area contributed by atoms with Crippen LogP contribution in [0.4, 0.5) is 0 Å². The van der Waals surface area contributed by atoms with Gasteiger partial charge in [0.2, 0.25) is 0 Å². The van der Waals surface area contributed by atoms with Crippen LogP contribution in [0.15, 0.2) is 72.8 Å². The molecule has 10 rings (SSSR count). The summed E-state index contributed by atoms with van der Waals surface area (Å²) in [6.07, 6.45) is 2.35. The molecule has 3 aliphatic heterocycles. The molecule has 0 saturated carbocycles. The largest absolute Gasteiger partial charge is 0.507 e. The molecule has 7 aromatic carbocycles. The van der Waals surface area contributed by atoms with Crippen molar-refractivity contribution in [2.24, 2.45) is 0 Å². The van der Waals surface area contributed by atoms with E-state index in [2.05, 4.69) is 20.8 Å². The molecule has 5 atom stereocenters. The van der Waals surface area contributed by atoms with Crippen LogP contribution in [0.2, 0.25) is 0 Å². The van der Waals surface area contributed by atoms with Gasteiger partial charge in [-0.15, -0.1) is 0 Å². The molecule has 0 fully saturated rings. The Bertz CT molecular complexity index is 3500. The molecule has 96 heavy (non-hydrogen) atoms. The van der Waals surface area contributed by atoms with Crippen LogP contribution in [-0.4, -0.2) is 120 Å². The molecular weight excluding hydrogens is 1270 g/mol. The van der Waals surface area contributed by atoms with E-state index in [1.165, 1.54) is 38.0 Å². The maximum atomic E-state index is 14.8. The van der Waals surface area contributed by atoms with Crippen LogP contribution >= 0.6 is 35.3 Å². The number of rotatable bonds is 6. The number of fused-ring (bicyclic) bond motifs is 24. The van der Waals surface area contributed by atoms with Crippen LogP contribution in [0.1, 0.15) is 154 Å². The molecule has 510 valence electrons. The van der Waals surface area contributed by atoms with Crippen molar-refractivity contribution < 1.29 is 59.2 Å². The van der Waals surface area contributed by atoms with Gasteiger partial charge in [-0.3, -0.25) is 29.1 Å². The topological polar surface area (TPSA) is 210 Å². The SMILES string of the molecule is CCc1c2c(CC)c3c(CC)c1CSC[C@@H](C(=O)OC)N1Cc4cc(C)cc(c4O)Cc4cc(C)cc(c4O)CN(Cc4cc(C)cc(c4O)Cc4cc(C)cc(c4O)CN(Cc4cc(C)cc(c4O)Cc4cc(C)cc(c4O)C1)[C@H](C(=O)OC)CSC3)[C@@H](C(=O)OC)CSC2. The van der Waals surface area contributed by atoms with Gasteiger partial charge in [-0.05, 0) is 128 Å². The Balaban J connectivity index is 1.32. The minimum atomic E-state index is -0.906. The minimum Gasteiger partial charge on any atom is -0.507 e. The second-order valence-electron chi connectivity index (χ2n) is 26.4. The second-order valence-corrected chi connectivity index (χ2v) is 29.5. The van der Waals surface area contributed by atoms with Gasteiger partial charge in [-0.1, -0.05) is 127 Å². The number of ether oxygens (including phenoxy) is 3. The van der Waals surface area contributed by atoms with Crippen molar-refractivity contribution in [3.8, 4) is 34.5 Å². The summed E-state index contributed by atoms with van der Waals surface area (Å²) >= 11 is 4.85. The van der Waals surface area contributed by atoms with Crippen molar-refractivity contribution in [1.82, 2.24) is 14.7 Å². The average molecular weight is 1360 g/mol. The summed E-state index contributed by atoms with van der Waals surface area (Å²) in [6, 6.07) is 20.1. The Morgan fingerprint density at radius 2 is 0.521 bits per heavy atom. The number of phenolic OH excluding ortho intramolecular Hbond substituents is 6. The van der Waals surface area contributed by atoms with Crippen LogP contribution in [-0.2, 0) is 124 Å². The highest BCUT2D eigenvalue weighted by atomic mass is 32.2. The highest BCUT2D eigenvalue weighted by Gasteiger charge is 2.36. The summed E-state index contributed by atoms with van der Waals surface area (Å²) in [5.74, 6) is 0.720. The molecule has 2 unspecified atom stereocenters. The Morgan fingerprint density at radius 3 is 0.688 bits per heavy atom. The molecule has 3 aliphatic rings. The van der Waals surface area contributed by atoms with Crippen molar-refractivity contribution in [2.75, 3.05) is 38.6 Å². The summed E-state index contributed by atoms with van der Waals surface area (Å²) in [6.45, 7) is 18.5. The Hall–Kier alpha value is -7.32. The van der Waals surface area contributed by atoms with Crippen molar-refractivity contribution in [3.63, 3.8) is 0 Å². The van der Waals surface area contributed by atoms with E-state index in [0.29, 0.717) is 103 Å². The maximum absolute atomic E-state index is 14.8. The predicted molar refractivity (Wildman–Crippen MR) is 384 cm³/mol. The lowest BCUT2D eigenvalue weighted by atomic mass is 9.85. The number of aryl methyl sites for hydroxylation is 6. The summed E-state index contributed by atoms with van der Waals surface area (Å²) in [5, 5.41) is 76.4. The molecule has 7 aromatic rings. The number of thioether (sulfide) groups is 3. The third-order valence-electron chi connectivity index (χ3n) is 19.4. The molecule has 0 saturated heterocycles. The van der Waals surface area contributed by atoms with E-state index in [4.69, 9.17) is 14.2 Å². The fraction of sp³-hybridized carbons (Fsp3) is 0.423. The lowest BCUT2D eigenvalue weighted by Crippen LogP contribution is -2.43. The van der Waals surface area contributed by atoms with Crippen LogP contribution < -0.4 is 0 Å². The Morgan fingerprint density at radius 1 is 0.344 bits per heavy atom. The molecule has 18 heteroatoms. The molecule has 0 spiro atoms. The van der Waals surface area contributed by atoms with E-state index in [1.807, 2.05) is 129 Å². The Labute approximate surface area is 578 Å². The minimum absolute atomic E-state index is 0.0184. The van der Waals surface area contributed by atoms with Crippen LogP contribution in [0.5, 0.6) is 34.5 Å². The van der Waals surface area contributed by atoms with Crippen molar-refractivity contribution in [1.29, 1.82) is 0 Å². The number of methoxy groups -OCH3 is 3. The van der Waals surface area contributed by atoms with E-state index in [9.17, 15) is 45.0 Å². The zero-order chi connectivity index (χ0) is 69.0. The molecule has 6 N–H and O–H groups in total. The molecule has 0 aromatic heterocycles. The van der Waals surface area contributed by atoms with Gasteiger partial charge in [0.05, 0.1) is 21.3 Å². The zero-order valence-corrected chi connectivity index (χ0v) is 60.0. The predicted octanol–water partition coefficient (Wildman–Crippen LogP) is 13.6. The molecule has 15 nitrogen and oxygen atoms in total. The van der Waals surface area contributed by atoms with E-state index < -0.39 is 36.0 Å². The summed E-state index contributed by atoms with van der Waals surface area (Å²) in [7, 11) is 4.15. The van der Waals surface area contributed by atoms with Gasteiger partial charge >= 0.3 is 17.9 Å². The first-order valence-corrected chi connectivity index (χ1v) is 36.7. The van der Waals surface area contributed by atoms with E-state index in [0.717, 1.165) is 50.1 Å². The monoisotopic (exact) mass is 1360 g/mol. The molecule has 3 heterocycles. The average Bonchev–Trinajstić information content (AvgIpc) is 0.768. The van der Waals surface area contributed by atoms with Gasteiger partial charge in [0.1, 0.15) is 52.6 Å². The highest BCUT2D eigenvalue weighted by molar-refractivity contribution is 7.99. The van der Waals surface area contributed by atoms with Crippen LogP contribution in [0, 0.1) is 41.5 Å². The molecule has 0 aliphatic carbocycles. The number of hydrogen-bond acceptors (Lipinski definition) is 18. The normalized spacial score (nSPS) is 19.6. The van der Waals surface area contributed by atoms with Crippen LogP contribution in [0.25, 0.3) is 0 Å². The maximum Gasteiger partial charge on any atom is 0.323 e. The van der Waals surface area contributed by atoms with Gasteiger partial charge in [-0.25, -0.2) is 0 Å². The van der Waals surface area contributed by atoms with Crippen LogP contribution in [0.3, 0.4) is 0 Å². The van der Waals surface area contributed by atoms with Gasteiger partial charge in [0.15, 0.2) is 0 Å². The lowest BCUT2D eigenvalue weighted by molar-refractivity contribution is -0.147. The number of aromatic hydroxyl groups is 6. The molecular formula is C78H93N3O12S3. The van der Waals surface area contributed by atoms with Gasteiger partial charge in [-0.2, -0.15) is 35.3 Å². The molecule has 0 radical (unpaired) electrons.